The maximum Gasteiger partial charge on any atom is 0.352 e. The summed E-state index contributed by atoms with van der Waals surface area (Å²) in [6, 6.07) is 6.06. The lowest BCUT2D eigenvalue weighted by Gasteiger charge is -2.49. The van der Waals surface area contributed by atoms with Crippen LogP contribution in [0.15, 0.2) is 64.5 Å². The SMILES string of the molecule is CCCC1C=CCC(C(C(=O)NC2C(=O)N3C(C(=O)O)=C(CSc4nnnn4C)CS[C@H]23)C(=O)OCc2ccc(OC)cc2)=C1. The number of esters is 1. The molecule has 1 fully saturated rings. The molecule has 3 aliphatic rings. The normalized spacial score (nSPS) is 21.4. The molecule has 3 heterocycles. The molecule has 2 amide bonds. The van der Waals surface area contributed by atoms with Crippen LogP contribution in [0.3, 0.4) is 0 Å². The van der Waals surface area contributed by atoms with Crippen LogP contribution in [-0.2, 0) is 37.6 Å². The lowest BCUT2D eigenvalue weighted by atomic mass is 9.86. The van der Waals surface area contributed by atoms with E-state index in [1.54, 1.807) is 38.4 Å². The first kappa shape index (κ1) is 32.3. The van der Waals surface area contributed by atoms with Crippen LogP contribution in [0.25, 0.3) is 0 Å². The number of methoxy groups -OCH3 is 1. The molecule has 0 saturated carbocycles. The summed E-state index contributed by atoms with van der Waals surface area (Å²) in [6.45, 7) is 2.02. The van der Waals surface area contributed by atoms with E-state index in [-0.39, 0.29) is 24.0 Å². The largest absolute Gasteiger partial charge is 0.497 e. The molecule has 2 aromatic rings. The van der Waals surface area contributed by atoms with Crippen LogP contribution >= 0.6 is 23.5 Å². The van der Waals surface area contributed by atoms with Gasteiger partial charge in [0, 0.05) is 18.6 Å². The molecule has 2 N–H and O–H groups in total. The number of hydrogen-bond donors (Lipinski definition) is 2. The van der Waals surface area contributed by atoms with Gasteiger partial charge in [-0.05, 0) is 58.0 Å². The number of fused-ring (bicyclic) bond motifs is 1. The average molecular weight is 655 g/mol. The highest BCUT2D eigenvalue weighted by atomic mass is 32.2. The number of carboxylic acid groups (broad SMARTS) is 1. The number of carbonyl (C=O) groups is 4. The van der Waals surface area contributed by atoms with Gasteiger partial charge in [-0.3, -0.25) is 19.3 Å². The number of allylic oxidation sites excluding steroid dienone is 3. The molecule has 5 rings (SSSR count). The maximum atomic E-state index is 13.8. The van der Waals surface area contributed by atoms with Crippen molar-refractivity contribution in [3.63, 3.8) is 0 Å². The summed E-state index contributed by atoms with van der Waals surface area (Å²) in [4.78, 5) is 54.1. The van der Waals surface area contributed by atoms with Gasteiger partial charge in [-0.2, -0.15) is 0 Å². The van der Waals surface area contributed by atoms with Gasteiger partial charge in [0.05, 0.1) is 7.11 Å². The van der Waals surface area contributed by atoms with Crippen LogP contribution in [0, 0.1) is 11.8 Å². The molecule has 4 atom stereocenters. The number of carbonyl (C=O) groups excluding carboxylic acids is 3. The molecule has 238 valence electrons. The Kier molecular flexibility index (Phi) is 10.3. The van der Waals surface area contributed by atoms with Crippen molar-refractivity contribution in [2.45, 2.75) is 49.4 Å². The first-order chi connectivity index (χ1) is 21.7. The number of aromatic nitrogens is 4. The highest BCUT2D eigenvalue weighted by Crippen LogP contribution is 2.42. The van der Waals surface area contributed by atoms with Gasteiger partial charge < -0.3 is 19.9 Å². The van der Waals surface area contributed by atoms with Gasteiger partial charge in [0.25, 0.3) is 5.91 Å². The number of aliphatic carboxylic acids is 1. The minimum Gasteiger partial charge on any atom is -0.497 e. The molecule has 1 aliphatic carbocycles. The number of carboxylic acids is 1. The predicted molar refractivity (Wildman–Crippen MR) is 166 cm³/mol. The van der Waals surface area contributed by atoms with Crippen LogP contribution in [0.2, 0.25) is 0 Å². The van der Waals surface area contributed by atoms with Gasteiger partial charge in [0.15, 0.2) is 5.92 Å². The van der Waals surface area contributed by atoms with Crippen LogP contribution in [0.5, 0.6) is 5.75 Å². The monoisotopic (exact) mass is 654 g/mol. The number of rotatable bonds is 13. The minimum atomic E-state index is -1.26. The summed E-state index contributed by atoms with van der Waals surface area (Å²) in [5, 5.41) is 23.9. The molecule has 1 aromatic heterocycles. The fraction of sp³-hybridized carbons (Fsp3) is 0.433. The van der Waals surface area contributed by atoms with E-state index in [4.69, 9.17) is 9.47 Å². The van der Waals surface area contributed by atoms with Gasteiger partial charge in [-0.15, -0.1) is 16.9 Å². The van der Waals surface area contributed by atoms with Gasteiger partial charge in [0.2, 0.25) is 11.1 Å². The van der Waals surface area contributed by atoms with Gasteiger partial charge in [-0.1, -0.05) is 55.5 Å². The first-order valence-corrected chi connectivity index (χ1v) is 16.5. The minimum absolute atomic E-state index is 0.0410. The van der Waals surface area contributed by atoms with Crippen molar-refractivity contribution >= 4 is 47.3 Å². The van der Waals surface area contributed by atoms with E-state index in [0.29, 0.717) is 34.2 Å². The Morgan fingerprint density at radius 2 is 2.02 bits per heavy atom. The molecule has 1 aromatic carbocycles. The van der Waals surface area contributed by atoms with Gasteiger partial charge in [0.1, 0.15) is 29.5 Å². The third-order valence-electron chi connectivity index (χ3n) is 7.70. The molecule has 0 bridgehead atoms. The number of nitrogens with zero attached hydrogens (tertiary/aromatic N) is 5. The highest BCUT2D eigenvalue weighted by molar-refractivity contribution is 8.01. The Morgan fingerprint density at radius 1 is 1.24 bits per heavy atom. The number of nitrogens with one attached hydrogen (secondary N) is 1. The maximum absolute atomic E-state index is 13.8. The number of hydrogen-bond acceptors (Lipinski definition) is 11. The molecule has 45 heavy (non-hydrogen) atoms. The van der Waals surface area contributed by atoms with Crippen molar-refractivity contribution in [1.29, 1.82) is 0 Å². The second kappa shape index (κ2) is 14.3. The number of tetrazole rings is 1. The van der Waals surface area contributed by atoms with E-state index in [1.165, 1.54) is 33.1 Å². The summed E-state index contributed by atoms with van der Waals surface area (Å²) in [6.07, 6.45) is 8.13. The van der Waals surface area contributed by atoms with E-state index in [1.807, 2.05) is 12.2 Å². The zero-order chi connectivity index (χ0) is 32.1. The summed E-state index contributed by atoms with van der Waals surface area (Å²) in [5.74, 6) is -3.05. The van der Waals surface area contributed by atoms with Crippen LogP contribution < -0.4 is 10.1 Å². The standard InChI is InChI=1S/C30H34N6O7S2/c1-4-6-17-7-5-8-19(13-17)22(29(41)43-14-18-9-11-21(42-3)12-10-18)25(37)31-23-26(38)36-24(28(39)40)20(15-44-27(23)36)16-45-30-32-33-34-35(30)2/h5,7,9-13,17,22-23,27H,4,6,8,14-16H2,1-3H3,(H,31,37)(H,39,40)/t17?,22?,23?,27-/m1/s1. The number of thioether (sulfide) groups is 2. The van der Waals surface area contributed by atoms with Crippen molar-refractivity contribution in [1.82, 2.24) is 30.4 Å². The topological polar surface area (TPSA) is 166 Å². The number of β-lactam (4-membered cyclic amide) rings is 1. The Hall–Kier alpha value is -4.11. The van der Waals surface area contributed by atoms with Crippen LogP contribution in [-0.4, -0.2) is 84.0 Å². The van der Waals surface area contributed by atoms with E-state index in [0.717, 1.165) is 18.4 Å². The van der Waals surface area contributed by atoms with Crippen molar-refractivity contribution < 1.29 is 33.8 Å². The predicted octanol–water partition coefficient (Wildman–Crippen LogP) is 2.71. The smallest absolute Gasteiger partial charge is 0.352 e. The second-order valence-corrected chi connectivity index (χ2v) is 12.8. The summed E-state index contributed by atoms with van der Waals surface area (Å²) in [5.41, 5.74) is 1.79. The van der Waals surface area contributed by atoms with Crippen molar-refractivity contribution in [2.75, 3.05) is 18.6 Å². The van der Waals surface area contributed by atoms with Crippen LogP contribution in [0.4, 0.5) is 0 Å². The molecular formula is C30H34N6O7S2. The third kappa shape index (κ3) is 7.09. The number of benzene rings is 1. The highest BCUT2D eigenvalue weighted by Gasteiger charge is 2.55. The van der Waals surface area contributed by atoms with E-state index in [9.17, 15) is 24.3 Å². The quantitative estimate of drug-likeness (QED) is 0.107. The third-order valence-corrected chi connectivity index (χ3v) is 10.1. The van der Waals surface area contributed by atoms with Gasteiger partial charge >= 0.3 is 11.9 Å². The van der Waals surface area contributed by atoms with Crippen molar-refractivity contribution in [3.05, 3.63) is 64.9 Å². The van der Waals surface area contributed by atoms with Crippen LogP contribution in [0.1, 0.15) is 31.7 Å². The van der Waals surface area contributed by atoms with Crippen molar-refractivity contribution in [2.24, 2.45) is 18.9 Å². The fourth-order valence-electron chi connectivity index (χ4n) is 5.42. The Morgan fingerprint density at radius 3 is 2.69 bits per heavy atom. The summed E-state index contributed by atoms with van der Waals surface area (Å²) in [7, 11) is 3.24. The molecule has 1 saturated heterocycles. The second-order valence-electron chi connectivity index (χ2n) is 10.7. The zero-order valence-corrected chi connectivity index (χ0v) is 26.7. The average Bonchev–Trinajstić information content (AvgIpc) is 3.46. The molecule has 0 radical (unpaired) electrons. The van der Waals surface area contributed by atoms with E-state index >= 15 is 0 Å². The zero-order valence-electron chi connectivity index (χ0n) is 25.0. The molecule has 15 heteroatoms. The van der Waals surface area contributed by atoms with E-state index < -0.39 is 41.1 Å². The molecule has 3 unspecified atom stereocenters. The number of ether oxygens (including phenoxy) is 2. The van der Waals surface area contributed by atoms with Crippen molar-refractivity contribution in [3.8, 4) is 5.75 Å². The van der Waals surface area contributed by atoms with E-state index in [2.05, 4.69) is 33.8 Å². The first-order valence-electron chi connectivity index (χ1n) is 14.4. The Bertz CT molecular complexity index is 1550. The molecule has 13 nitrogen and oxygen atoms in total. The molecular weight excluding hydrogens is 620 g/mol. The number of aryl methyl sites for hydroxylation is 1. The lowest BCUT2D eigenvalue weighted by molar-refractivity contribution is -0.155. The number of amides is 2. The van der Waals surface area contributed by atoms with Gasteiger partial charge in [-0.25, -0.2) is 9.48 Å². The summed E-state index contributed by atoms with van der Waals surface area (Å²) < 4.78 is 12.3. The Balaban J connectivity index is 1.31. The summed E-state index contributed by atoms with van der Waals surface area (Å²) >= 11 is 2.62. The molecule has 0 spiro atoms. The Labute approximate surface area is 268 Å². The fourth-order valence-corrected chi connectivity index (χ4v) is 7.75. The molecule has 2 aliphatic heterocycles. The lowest BCUT2D eigenvalue weighted by Crippen LogP contribution is -2.71.